The number of hydrogen-bond acceptors (Lipinski definition) is 6. The Hall–Kier alpha value is -2.63. The first-order chi connectivity index (χ1) is 37.0. The third kappa shape index (κ3) is 62.1. The van der Waals surface area contributed by atoms with Gasteiger partial charge in [0.25, 0.3) is 0 Å². The van der Waals surface area contributed by atoms with Crippen LogP contribution in [0.25, 0.3) is 0 Å². The van der Waals surface area contributed by atoms with E-state index in [2.05, 4.69) is 69.4 Å². The SMILES string of the molecule is CCCCC/C=C\C/C=C\CCCCCCCCCC(=O)OC(COC(=O)CCCCCCCCCCCCC/C=C\C/C=C\CCCCCCC)COC(=O)CCCCCCCCCCCCCCCCCCC. The van der Waals surface area contributed by atoms with Crippen molar-refractivity contribution < 1.29 is 28.6 Å². The summed E-state index contributed by atoms with van der Waals surface area (Å²) in [4.78, 5) is 38.4. The van der Waals surface area contributed by atoms with Crippen molar-refractivity contribution in [1.29, 1.82) is 0 Å². The van der Waals surface area contributed by atoms with Gasteiger partial charge in [0.1, 0.15) is 13.2 Å². The maximum absolute atomic E-state index is 12.9. The second-order valence-electron chi connectivity index (χ2n) is 22.4. The van der Waals surface area contributed by atoms with E-state index in [0.717, 1.165) is 77.0 Å². The van der Waals surface area contributed by atoms with Gasteiger partial charge in [0.2, 0.25) is 0 Å². The molecule has 0 rings (SSSR count). The molecular formula is C69H126O6. The summed E-state index contributed by atoms with van der Waals surface area (Å²) in [5.41, 5.74) is 0. The molecule has 0 heterocycles. The zero-order valence-corrected chi connectivity index (χ0v) is 50.3. The molecule has 0 aromatic rings. The molecule has 0 saturated carbocycles. The van der Waals surface area contributed by atoms with Crippen LogP contribution in [0.4, 0.5) is 0 Å². The number of carbonyl (C=O) groups excluding carboxylic acids is 3. The summed E-state index contributed by atoms with van der Waals surface area (Å²) in [7, 11) is 0. The average molecular weight is 1050 g/mol. The Balaban J connectivity index is 4.32. The Kier molecular flexibility index (Phi) is 61.7. The van der Waals surface area contributed by atoms with Gasteiger partial charge in [0, 0.05) is 19.3 Å². The molecule has 0 spiro atoms. The minimum Gasteiger partial charge on any atom is -0.462 e. The van der Waals surface area contributed by atoms with Crippen molar-refractivity contribution in [2.24, 2.45) is 0 Å². The van der Waals surface area contributed by atoms with E-state index >= 15 is 0 Å². The quantitative estimate of drug-likeness (QED) is 0.0261. The Labute approximate surface area is 467 Å². The van der Waals surface area contributed by atoms with Crippen molar-refractivity contribution in [1.82, 2.24) is 0 Å². The highest BCUT2D eigenvalue weighted by Crippen LogP contribution is 2.17. The van der Waals surface area contributed by atoms with Crippen LogP contribution in [0.1, 0.15) is 355 Å². The molecule has 6 heteroatoms. The molecule has 0 fully saturated rings. The van der Waals surface area contributed by atoms with E-state index in [1.54, 1.807) is 0 Å². The molecule has 0 aliphatic heterocycles. The van der Waals surface area contributed by atoms with E-state index in [4.69, 9.17) is 14.2 Å². The molecule has 75 heavy (non-hydrogen) atoms. The average Bonchev–Trinajstić information content (AvgIpc) is 3.41. The number of ether oxygens (including phenoxy) is 3. The second-order valence-corrected chi connectivity index (χ2v) is 22.4. The minimum absolute atomic E-state index is 0.0729. The van der Waals surface area contributed by atoms with E-state index < -0.39 is 6.10 Å². The maximum atomic E-state index is 12.9. The van der Waals surface area contributed by atoms with Crippen molar-refractivity contribution in [3.8, 4) is 0 Å². The molecule has 0 aliphatic carbocycles. The smallest absolute Gasteiger partial charge is 0.306 e. The first-order valence-corrected chi connectivity index (χ1v) is 33.1. The molecule has 0 aromatic heterocycles. The Morgan fingerprint density at radius 1 is 0.267 bits per heavy atom. The summed E-state index contributed by atoms with van der Waals surface area (Å²) < 4.78 is 17.0. The molecule has 438 valence electrons. The van der Waals surface area contributed by atoms with Gasteiger partial charge in [-0.3, -0.25) is 14.4 Å². The summed E-state index contributed by atoms with van der Waals surface area (Å²) in [5.74, 6) is -0.860. The van der Waals surface area contributed by atoms with Gasteiger partial charge in [-0.05, 0) is 83.5 Å². The van der Waals surface area contributed by atoms with Crippen LogP contribution in [0.5, 0.6) is 0 Å². The number of esters is 3. The molecule has 0 saturated heterocycles. The lowest BCUT2D eigenvalue weighted by atomic mass is 10.0. The van der Waals surface area contributed by atoms with Crippen LogP contribution in [0.2, 0.25) is 0 Å². The van der Waals surface area contributed by atoms with Crippen molar-refractivity contribution in [3.05, 3.63) is 48.6 Å². The van der Waals surface area contributed by atoms with Crippen molar-refractivity contribution >= 4 is 17.9 Å². The zero-order chi connectivity index (χ0) is 54.3. The molecule has 1 unspecified atom stereocenters. The normalized spacial score (nSPS) is 12.3. The second kappa shape index (κ2) is 63.9. The van der Waals surface area contributed by atoms with Gasteiger partial charge in [0.05, 0.1) is 0 Å². The molecule has 0 radical (unpaired) electrons. The molecule has 0 amide bonds. The fraction of sp³-hybridized carbons (Fsp3) is 0.841. The number of hydrogen-bond donors (Lipinski definition) is 0. The molecule has 0 N–H and O–H groups in total. The van der Waals surface area contributed by atoms with Gasteiger partial charge in [-0.25, -0.2) is 0 Å². The van der Waals surface area contributed by atoms with E-state index in [-0.39, 0.29) is 31.1 Å². The van der Waals surface area contributed by atoms with Crippen LogP contribution < -0.4 is 0 Å². The van der Waals surface area contributed by atoms with E-state index in [9.17, 15) is 14.4 Å². The van der Waals surface area contributed by atoms with Crippen LogP contribution in [-0.2, 0) is 28.6 Å². The fourth-order valence-electron chi connectivity index (χ4n) is 9.80. The largest absolute Gasteiger partial charge is 0.462 e. The van der Waals surface area contributed by atoms with Gasteiger partial charge in [-0.1, -0.05) is 301 Å². The predicted octanol–water partition coefficient (Wildman–Crippen LogP) is 22.6. The summed E-state index contributed by atoms with van der Waals surface area (Å²) in [6.07, 6.45) is 79.7. The van der Waals surface area contributed by atoms with Gasteiger partial charge in [-0.2, -0.15) is 0 Å². The van der Waals surface area contributed by atoms with Gasteiger partial charge in [-0.15, -0.1) is 0 Å². The molecule has 0 aromatic carbocycles. The highest BCUT2D eigenvalue weighted by molar-refractivity contribution is 5.71. The van der Waals surface area contributed by atoms with Crippen LogP contribution in [-0.4, -0.2) is 37.2 Å². The Bertz CT molecular complexity index is 1300. The van der Waals surface area contributed by atoms with E-state index in [1.807, 2.05) is 0 Å². The van der Waals surface area contributed by atoms with Crippen molar-refractivity contribution in [2.75, 3.05) is 13.2 Å². The summed E-state index contributed by atoms with van der Waals surface area (Å²) in [6, 6.07) is 0. The fourth-order valence-corrected chi connectivity index (χ4v) is 9.80. The molecule has 1 atom stereocenters. The molecule has 0 aliphatic rings. The predicted molar refractivity (Wildman–Crippen MR) is 325 cm³/mol. The molecular weight excluding hydrogens is 925 g/mol. The van der Waals surface area contributed by atoms with Gasteiger partial charge >= 0.3 is 17.9 Å². The number of unbranched alkanes of at least 4 members (excludes halogenated alkanes) is 42. The lowest BCUT2D eigenvalue weighted by Crippen LogP contribution is -2.30. The van der Waals surface area contributed by atoms with Crippen LogP contribution in [0, 0.1) is 0 Å². The number of rotatable bonds is 61. The number of allylic oxidation sites excluding steroid dienone is 8. The van der Waals surface area contributed by atoms with E-state index in [0.29, 0.717) is 19.3 Å². The van der Waals surface area contributed by atoms with Gasteiger partial charge < -0.3 is 14.2 Å². The highest BCUT2D eigenvalue weighted by atomic mass is 16.6. The maximum Gasteiger partial charge on any atom is 0.306 e. The molecule has 6 nitrogen and oxygen atoms in total. The lowest BCUT2D eigenvalue weighted by Gasteiger charge is -2.18. The lowest BCUT2D eigenvalue weighted by molar-refractivity contribution is -0.167. The summed E-state index contributed by atoms with van der Waals surface area (Å²) >= 11 is 0. The van der Waals surface area contributed by atoms with Crippen molar-refractivity contribution in [2.45, 2.75) is 361 Å². The first kappa shape index (κ1) is 72.4. The summed E-state index contributed by atoms with van der Waals surface area (Å²) in [5, 5.41) is 0. The Morgan fingerprint density at radius 2 is 0.480 bits per heavy atom. The topological polar surface area (TPSA) is 78.9 Å². The Morgan fingerprint density at radius 3 is 0.760 bits per heavy atom. The standard InChI is InChI=1S/C69H126O6/c1-4-7-10-13-16-19-22-25-28-31-32-33-34-35-36-39-41-44-47-50-53-56-59-62-68(71)74-65-66(75-69(72)63-60-57-54-51-48-45-42-38-30-27-24-21-18-15-12-9-6-3)64-73-67(70)61-58-55-52-49-46-43-40-37-29-26-23-20-17-14-11-8-5-2/h18,21-22,25,27,30-32,66H,4-17,19-20,23-24,26,28-29,33-65H2,1-3H3/b21-18-,25-22-,30-27-,32-31-. The highest BCUT2D eigenvalue weighted by Gasteiger charge is 2.19. The minimum atomic E-state index is -0.777. The van der Waals surface area contributed by atoms with E-state index in [1.165, 1.54) is 238 Å². The first-order valence-electron chi connectivity index (χ1n) is 33.1. The summed E-state index contributed by atoms with van der Waals surface area (Å²) in [6.45, 7) is 6.66. The third-order valence-corrected chi connectivity index (χ3v) is 14.8. The monoisotopic (exact) mass is 1050 g/mol. The van der Waals surface area contributed by atoms with Crippen LogP contribution >= 0.6 is 0 Å². The third-order valence-electron chi connectivity index (χ3n) is 14.8. The molecule has 0 bridgehead atoms. The van der Waals surface area contributed by atoms with Crippen LogP contribution in [0.3, 0.4) is 0 Å². The number of carbonyl (C=O) groups is 3. The van der Waals surface area contributed by atoms with Crippen LogP contribution in [0.15, 0.2) is 48.6 Å². The zero-order valence-electron chi connectivity index (χ0n) is 50.3. The van der Waals surface area contributed by atoms with Crippen molar-refractivity contribution in [3.63, 3.8) is 0 Å². The van der Waals surface area contributed by atoms with Gasteiger partial charge in [0.15, 0.2) is 6.10 Å².